The minimum atomic E-state index is -0.615. The number of ether oxygens (including phenoxy) is 1. The van der Waals surface area contributed by atoms with E-state index in [0.29, 0.717) is 18.6 Å². The average molecular weight is 280 g/mol. The minimum Gasteiger partial charge on any atom is -0.455 e. The summed E-state index contributed by atoms with van der Waals surface area (Å²) in [7, 11) is 0. The molecule has 20 heavy (non-hydrogen) atoms. The second-order valence-corrected chi connectivity index (χ2v) is 5.82. The molecule has 0 radical (unpaired) electrons. The molecule has 0 heterocycles. The van der Waals surface area contributed by atoms with Gasteiger partial charge in [-0.3, -0.25) is 9.59 Å². The van der Waals surface area contributed by atoms with E-state index in [1.807, 2.05) is 27.7 Å². The molecule has 0 aliphatic heterocycles. The monoisotopic (exact) mass is 280 g/mol. The Morgan fingerprint density at radius 3 is 2.30 bits per heavy atom. The highest BCUT2D eigenvalue weighted by Crippen LogP contribution is 2.20. The fourth-order valence-corrected chi connectivity index (χ4v) is 1.84. The van der Waals surface area contributed by atoms with Crippen molar-refractivity contribution in [1.82, 2.24) is 0 Å². The summed E-state index contributed by atoms with van der Waals surface area (Å²) >= 11 is 0. The molecule has 1 atom stereocenters. The molecular formula is C17H28O3. The van der Waals surface area contributed by atoms with Crippen LogP contribution in [0.3, 0.4) is 0 Å². The first-order valence-corrected chi connectivity index (χ1v) is 7.21. The third-order valence-electron chi connectivity index (χ3n) is 3.35. The van der Waals surface area contributed by atoms with E-state index in [-0.39, 0.29) is 11.9 Å². The van der Waals surface area contributed by atoms with Crippen molar-refractivity contribution in [2.45, 2.75) is 65.9 Å². The van der Waals surface area contributed by atoms with Crippen LogP contribution in [0.25, 0.3) is 0 Å². The number of esters is 1. The summed E-state index contributed by atoms with van der Waals surface area (Å²) in [6.45, 7) is 12.9. The van der Waals surface area contributed by atoms with Crippen molar-refractivity contribution < 1.29 is 14.3 Å². The summed E-state index contributed by atoms with van der Waals surface area (Å²) in [6, 6.07) is 0. The van der Waals surface area contributed by atoms with Crippen molar-refractivity contribution >= 4 is 11.8 Å². The number of hydrogen-bond acceptors (Lipinski definition) is 3. The van der Waals surface area contributed by atoms with Crippen molar-refractivity contribution in [3.63, 3.8) is 0 Å². The van der Waals surface area contributed by atoms with Gasteiger partial charge in [0.2, 0.25) is 0 Å². The zero-order chi connectivity index (χ0) is 15.8. The summed E-state index contributed by atoms with van der Waals surface area (Å²) in [6.07, 6.45) is 6.68. The molecular weight excluding hydrogens is 252 g/mol. The summed E-state index contributed by atoms with van der Waals surface area (Å²) in [5, 5.41) is 0. The maximum Gasteiger partial charge on any atom is 0.303 e. The minimum absolute atomic E-state index is 0.107. The van der Waals surface area contributed by atoms with Gasteiger partial charge >= 0.3 is 5.97 Å². The third kappa shape index (κ3) is 7.93. The fraction of sp³-hybridized carbons (Fsp3) is 0.647. The number of Topliss-reactive ketones (excluding diaryl/α,β-unsaturated/α-hetero) is 1. The highest BCUT2D eigenvalue weighted by Gasteiger charge is 2.22. The van der Waals surface area contributed by atoms with Gasteiger partial charge in [-0.1, -0.05) is 32.1 Å². The van der Waals surface area contributed by atoms with Gasteiger partial charge in [-0.05, 0) is 39.2 Å². The van der Waals surface area contributed by atoms with Crippen molar-refractivity contribution in [3.8, 4) is 0 Å². The van der Waals surface area contributed by atoms with Crippen molar-refractivity contribution in [2.75, 3.05) is 0 Å². The molecule has 0 fully saturated rings. The fourth-order valence-electron chi connectivity index (χ4n) is 1.84. The molecule has 0 bridgehead atoms. The van der Waals surface area contributed by atoms with Crippen LogP contribution in [0.2, 0.25) is 0 Å². The highest BCUT2D eigenvalue weighted by atomic mass is 16.6. The summed E-state index contributed by atoms with van der Waals surface area (Å²) in [5.74, 6) is 0.111. The van der Waals surface area contributed by atoms with Crippen LogP contribution in [0.15, 0.2) is 24.3 Å². The molecule has 0 aliphatic rings. The smallest absolute Gasteiger partial charge is 0.303 e. The van der Waals surface area contributed by atoms with Crippen molar-refractivity contribution in [3.05, 3.63) is 24.3 Å². The molecule has 0 N–H and O–H groups in total. The predicted octanol–water partition coefficient (Wildman–Crippen LogP) is 4.23. The van der Waals surface area contributed by atoms with Crippen LogP contribution in [-0.4, -0.2) is 17.4 Å². The number of allylic oxidation sites excluding steroid dienone is 2. The molecule has 0 saturated heterocycles. The largest absolute Gasteiger partial charge is 0.455 e. The first kappa shape index (κ1) is 18.6. The first-order chi connectivity index (χ1) is 9.20. The molecule has 0 amide bonds. The van der Waals surface area contributed by atoms with Crippen LogP contribution >= 0.6 is 0 Å². The zero-order valence-corrected chi connectivity index (χ0v) is 13.5. The van der Waals surface area contributed by atoms with E-state index in [1.54, 1.807) is 6.08 Å². The van der Waals surface area contributed by atoms with Crippen LogP contribution in [0, 0.1) is 5.92 Å². The maximum atomic E-state index is 11.5. The molecule has 0 saturated carbocycles. The standard InChI is InChI=1S/C17H28O3/c1-7-17(6,20-15(5)18)12-8-9-14(4)10-11-16(19)13(2)3/h7,9,13H,1,8,10-12H2,2-6H3. The molecule has 3 heteroatoms. The van der Waals surface area contributed by atoms with Gasteiger partial charge in [-0.15, -0.1) is 0 Å². The van der Waals surface area contributed by atoms with Crippen LogP contribution in [0.1, 0.15) is 60.3 Å². The number of hydrogen-bond donors (Lipinski definition) is 0. The molecule has 3 nitrogen and oxygen atoms in total. The number of carbonyl (C=O) groups is 2. The maximum absolute atomic E-state index is 11.5. The summed E-state index contributed by atoms with van der Waals surface area (Å²) in [5.41, 5.74) is 0.587. The summed E-state index contributed by atoms with van der Waals surface area (Å²) < 4.78 is 5.26. The molecule has 0 aromatic carbocycles. The van der Waals surface area contributed by atoms with E-state index in [1.165, 1.54) is 12.5 Å². The predicted molar refractivity (Wildman–Crippen MR) is 82.4 cm³/mol. The lowest BCUT2D eigenvalue weighted by atomic mass is 9.97. The van der Waals surface area contributed by atoms with Crippen LogP contribution in [0.5, 0.6) is 0 Å². The lowest BCUT2D eigenvalue weighted by molar-refractivity contribution is -0.151. The van der Waals surface area contributed by atoms with Crippen LogP contribution in [-0.2, 0) is 14.3 Å². The van der Waals surface area contributed by atoms with Gasteiger partial charge in [0.1, 0.15) is 11.4 Å². The molecule has 0 aliphatic carbocycles. The lowest BCUT2D eigenvalue weighted by Gasteiger charge is -2.24. The Labute approximate surface area is 123 Å². The van der Waals surface area contributed by atoms with Gasteiger partial charge in [0, 0.05) is 19.3 Å². The molecule has 114 valence electrons. The van der Waals surface area contributed by atoms with Gasteiger partial charge in [0.15, 0.2) is 0 Å². The average Bonchev–Trinajstić information content (AvgIpc) is 2.34. The Morgan fingerprint density at radius 2 is 1.85 bits per heavy atom. The first-order valence-electron chi connectivity index (χ1n) is 7.21. The third-order valence-corrected chi connectivity index (χ3v) is 3.35. The Morgan fingerprint density at radius 1 is 1.25 bits per heavy atom. The van der Waals surface area contributed by atoms with E-state index in [0.717, 1.165) is 12.8 Å². The van der Waals surface area contributed by atoms with Crippen LogP contribution < -0.4 is 0 Å². The van der Waals surface area contributed by atoms with E-state index in [9.17, 15) is 9.59 Å². The Hall–Kier alpha value is -1.38. The Bertz CT molecular complexity index is 380. The van der Waals surface area contributed by atoms with Crippen molar-refractivity contribution in [2.24, 2.45) is 5.92 Å². The van der Waals surface area contributed by atoms with Crippen molar-refractivity contribution in [1.29, 1.82) is 0 Å². The van der Waals surface area contributed by atoms with Gasteiger partial charge in [0.25, 0.3) is 0 Å². The molecule has 0 spiro atoms. The Balaban J connectivity index is 4.24. The zero-order valence-electron chi connectivity index (χ0n) is 13.5. The second-order valence-electron chi connectivity index (χ2n) is 5.82. The number of rotatable bonds is 9. The van der Waals surface area contributed by atoms with E-state index in [2.05, 4.69) is 12.7 Å². The SMILES string of the molecule is C=CC(C)(CCC=C(C)CCC(=O)C(C)C)OC(C)=O. The summed E-state index contributed by atoms with van der Waals surface area (Å²) in [4.78, 5) is 22.6. The molecule has 0 rings (SSSR count). The number of carbonyl (C=O) groups excluding carboxylic acids is 2. The second kappa shape index (κ2) is 8.72. The highest BCUT2D eigenvalue weighted by molar-refractivity contribution is 5.80. The molecule has 0 aromatic rings. The van der Waals surface area contributed by atoms with Gasteiger partial charge in [-0.2, -0.15) is 0 Å². The number of ketones is 1. The van der Waals surface area contributed by atoms with Gasteiger partial charge < -0.3 is 4.74 Å². The molecule has 0 aromatic heterocycles. The quantitative estimate of drug-likeness (QED) is 0.469. The van der Waals surface area contributed by atoms with Crippen LogP contribution in [0.4, 0.5) is 0 Å². The van der Waals surface area contributed by atoms with E-state index in [4.69, 9.17) is 4.74 Å². The van der Waals surface area contributed by atoms with E-state index >= 15 is 0 Å². The Kier molecular flexibility index (Phi) is 8.12. The van der Waals surface area contributed by atoms with Gasteiger partial charge in [0.05, 0.1) is 0 Å². The topological polar surface area (TPSA) is 43.4 Å². The van der Waals surface area contributed by atoms with Gasteiger partial charge in [-0.25, -0.2) is 0 Å². The lowest BCUT2D eigenvalue weighted by Crippen LogP contribution is -2.27. The normalized spacial score (nSPS) is 14.8. The molecule has 1 unspecified atom stereocenters. The van der Waals surface area contributed by atoms with E-state index < -0.39 is 5.60 Å².